The van der Waals surface area contributed by atoms with Crippen LogP contribution in [-0.2, 0) is 4.79 Å². The highest BCUT2D eigenvalue weighted by atomic mass is 19.4. The van der Waals surface area contributed by atoms with Crippen molar-refractivity contribution in [3.8, 4) is 0 Å². The van der Waals surface area contributed by atoms with Crippen LogP contribution >= 0.6 is 0 Å². The zero-order valence-corrected chi connectivity index (χ0v) is 8.89. The Morgan fingerprint density at radius 1 is 1.31 bits per heavy atom. The molecule has 0 bridgehead atoms. The van der Waals surface area contributed by atoms with E-state index in [1.54, 1.807) is 0 Å². The van der Waals surface area contributed by atoms with E-state index < -0.39 is 12.1 Å². The van der Waals surface area contributed by atoms with Gasteiger partial charge in [-0.05, 0) is 12.8 Å². The largest absolute Gasteiger partial charge is 0.393 e. The minimum atomic E-state index is -4.17. The molecule has 0 unspecified atom stereocenters. The third kappa shape index (κ3) is 2.31. The minimum Gasteiger partial charge on any atom is -0.342 e. The highest BCUT2D eigenvalue weighted by molar-refractivity contribution is 5.80. The number of carbonyl (C=O) groups is 1. The number of halogens is 3. The third-order valence-corrected chi connectivity index (χ3v) is 3.33. The molecule has 2 fully saturated rings. The number of alkyl halides is 3. The van der Waals surface area contributed by atoms with Crippen molar-refractivity contribution >= 4 is 5.91 Å². The summed E-state index contributed by atoms with van der Waals surface area (Å²) >= 11 is 0. The van der Waals surface area contributed by atoms with Gasteiger partial charge in [-0.2, -0.15) is 13.2 Å². The monoisotopic (exact) mass is 236 g/mol. The molecule has 2 rings (SSSR count). The first-order valence-electron chi connectivity index (χ1n) is 5.54. The van der Waals surface area contributed by atoms with Crippen molar-refractivity contribution in [3.05, 3.63) is 0 Å². The Morgan fingerprint density at radius 3 is 2.50 bits per heavy atom. The molecule has 0 aromatic heterocycles. The molecule has 2 aliphatic heterocycles. The number of amides is 1. The first kappa shape index (κ1) is 11.7. The second kappa shape index (κ2) is 4.24. The lowest BCUT2D eigenvalue weighted by atomic mass is 9.94. The van der Waals surface area contributed by atoms with E-state index in [9.17, 15) is 18.0 Å². The highest BCUT2D eigenvalue weighted by Crippen LogP contribution is 2.33. The number of hydrogen-bond donors (Lipinski definition) is 1. The molecule has 0 aliphatic carbocycles. The van der Waals surface area contributed by atoms with Crippen LogP contribution in [0.15, 0.2) is 0 Å². The van der Waals surface area contributed by atoms with Gasteiger partial charge in [0, 0.05) is 26.2 Å². The van der Waals surface area contributed by atoms with E-state index in [1.165, 1.54) is 4.90 Å². The van der Waals surface area contributed by atoms with Crippen LogP contribution in [0, 0.1) is 11.8 Å². The molecule has 1 N–H and O–H groups in total. The summed E-state index contributed by atoms with van der Waals surface area (Å²) in [5, 5.41) is 2.95. The number of rotatable bonds is 1. The van der Waals surface area contributed by atoms with E-state index in [2.05, 4.69) is 5.32 Å². The van der Waals surface area contributed by atoms with Crippen molar-refractivity contribution in [1.82, 2.24) is 10.2 Å². The molecule has 0 aromatic carbocycles. The van der Waals surface area contributed by atoms with Gasteiger partial charge >= 0.3 is 6.18 Å². The summed E-state index contributed by atoms with van der Waals surface area (Å²) in [6.07, 6.45) is -3.57. The van der Waals surface area contributed by atoms with Crippen LogP contribution in [0.2, 0.25) is 0 Å². The van der Waals surface area contributed by atoms with E-state index >= 15 is 0 Å². The van der Waals surface area contributed by atoms with Gasteiger partial charge in [-0.1, -0.05) is 0 Å². The van der Waals surface area contributed by atoms with Crippen LogP contribution < -0.4 is 5.32 Å². The number of carbonyl (C=O) groups excluding carboxylic acids is 1. The Hall–Kier alpha value is -0.780. The molecule has 0 saturated carbocycles. The smallest absolute Gasteiger partial charge is 0.342 e. The number of likely N-dealkylation sites (tertiary alicyclic amines) is 1. The number of hydrogen-bond acceptors (Lipinski definition) is 2. The minimum absolute atomic E-state index is 0.105. The molecule has 1 atom stereocenters. The van der Waals surface area contributed by atoms with Crippen molar-refractivity contribution in [2.75, 3.05) is 26.2 Å². The van der Waals surface area contributed by atoms with Crippen LogP contribution in [0.4, 0.5) is 13.2 Å². The Bertz CT molecular complexity index is 276. The Labute approximate surface area is 92.0 Å². The maximum atomic E-state index is 12.5. The molecule has 92 valence electrons. The van der Waals surface area contributed by atoms with Gasteiger partial charge in [0.05, 0.1) is 11.8 Å². The SMILES string of the molecule is O=C(C1CNC1)N1CCC[C@H](C(F)(F)F)C1. The van der Waals surface area contributed by atoms with Crippen LogP contribution in [0.3, 0.4) is 0 Å². The number of nitrogens with one attached hydrogen (secondary N) is 1. The van der Waals surface area contributed by atoms with E-state index in [4.69, 9.17) is 0 Å². The summed E-state index contributed by atoms with van der Waals surface area (Å²) in [6.45, 7) is 1.53. The molecule has 1 amide bonds. The molecule has 3 nitrogen and oxygen atoms in total. The van der Waals surface area contributed by atoms with Crippen molar-refractivity contribution < 1.29 is 18.0 Å². The molecule has 0 spiro atoms. The zero-order chi connectivity index (χ0) is 11.8. The first-order chi connectivity index (χ1) is 7.48. The van der Waals surface area contributed by atoms with Crippen LogP contribution in [0.5, 0.6) is 0 Å². The molecule has 16 heavy (non-hydrogen) atoms. The zero-order valence-electron chi connectivity index (χ0n) is 8.89. The van der Waals surface area contributed by atoms with E-state index in [0.29, 0.717) is 26.1 Å². The Morgan fingerprint density at radius 2 is 2.00 bits per heavy atom. The van der Waals surface area contributed by atoms with Gasteiger partial charge in [-0.3, -0.25) is 4.79 Å². The normalized spacial score (nSPS) is 27.7. The molecule has 0 radical (unpaired) electrons. The van der Waals surface area contributed by atoms with Gasteiger partial charge in [-0.15, -0.1) is 0 Å². The summed E-state index contributed by atoms with van der Waals surface area (Å²) in [6, 6.07) is 0. The fourth-order valence-corrected chi connectivity index (χ4v) is 2.17. The lowest BCUT2D eigenvalue weighted by Gasteiger charge is -2.38. The summed E-state index contributed by atoms with van der Waals surface area (Å²) in [7, 11) is 0. The Balaban J connectivity index is 1.93. The summed E-state index contributed by atoms with van der Waals surface area (Å²) in [4.78, 5) is 13.2. The van der Waals surface area contributed by atoms with Crippen LogP contribution in [0.1, 0.15) is 12.8 Å². The molecule has 2 saturated heterocycles. The van der Waals surface area contributed by atoms with Crippen molar-refractivity contribution in [1.29, 1.82) is 0 Å². The van der Waals surface area contributed by atoms with E-state index in [0.717, 1.165) is 0 Å². The summed E-state index contributed by atoms with van der Waals surface area (Å²) in [5.41, 5.74) is 0. The van der Waals surface area contributed by atoms with E-state index in [1.807, 2.05) is 0 Å². The molecular formula is C10H15F3N2O. The quantitative estimate of drug-likeness (QED) is 0.737. The number of piperidine rings is 1. The Kier molecular flexibility index (Phi) is 3.10. The topological polar surface area (TPSA) is 32.3 Å². The van der Waals surface area contributed by atoms with Gasteiger partial charge in [0.15, 0.2) is 0 Å². The van der Waals surface area contributed by atoms with Gasteiger partial charge in [0.2, 0.25) is 5.91 Å². The molecular weight excluding hydrogens is 221 g/mol. The predicted octanol–water partition coefficient (Wildman–Crippen LogP) is 1.01. The lowest BCUT2D eigenvalue weighted by molar-refractivity contribution is -0.189. The first-order valence-corrected chi connectivity index (χ1v) is 5.54. The standard InChI is InChI=1S/C10H15F3N2O/c11-10(12,13)8-2-1-3-15(6-8)9(16)7-4-14-5-7/h7-8,14H,1-6H2/t8-/m0/s1. The van der Waals surface area contributed by atoms with Crippen molar-refractivity contribution in [3.63, 3.8) is 0 Å². The number of nitrogens with zero attached hydrogens (tertiary/aromatic N) is 1. The molecule has 0 aromatic rings. The van der Waals surface area contributed by atoms with Gasteiger partial charge in [0.1, 0.15) is 0 Å². The average Bonchev–Trinajstić information content (AvgIpc) is 2.14. The fraction of sp³-hybridized carbons (Fsp3) is 0.900. The van der Waals surface area contributed by atoms with Crippen molar-refractivity contribution in [2.24, 2.45) is 11.8 Å². The van der Waals surface area contributed by atoms with Crippen LogP contribution in [-0.4, -0.2) is 43.2 Å². The van der Waals surface area contributed by atoms with E-state index in [-0.39, 0.29) is 24.8 Å². The lowest BCUT2D eigenvalue weighted by Crippen LogP contribution is -2.54. The second-order valence-corrected chi connectivity index (χ2v) is 4.52. The molecule has 2 aliphatic rings. The van der Waals surface area contributed by atoms with Crippen molar-refractivity contribution in [2.45, 2.75) is 19.0 Å². The maximum Gasteiger partial charge on any atom is 0.393 e. The predicted molar refractivity (Wildman–Crippen MR) is 51.7 cm³/mol. The second-order valence-electron chi connectivity index (χ2n) is 4.52. The fourth-order valence-electron chi connectivity index (χ4n) is 2.17. The third-order valence-electron chi connectivity index (χ3n) is 3.33. The summed E-state index contributed by atoms with van der Waals surface area (Å²) in [5.74, 6) is -1.56. The maximum absolute atomic E-state index is 12.5. The van der Waals surface area contributed by atoms with Crippen LogP contribution in [0.25, 0.3) is 0 Å². The van der Waals surface area contributed by atoms with Gasteiger partial charge in [0.25, 0.3) is 0 Å². The summed E-state index contributed by atoms with van der Waals surface area (Å²) < 4.78 is 37.6. The average molecular weight is 236 g/mol. The molecule has 6 heteroatoms. The van der Waals surface area contributed by atoms with Gasteiger partial charge in [-0.25, -0.2) is 0 Å². The van der Waals surface area contributed by atoms with Gasteiger partial charge < -0.3 is 10.2 Å². The highest BCUT2D eigenvalue weighted by Gasteiger charge is 2.43. The molecule has 2 heterocycles.